The minimum atomic E-state index is -1.31. The van der Waals surface area contributed by atoms with Crippen molar-refractivity contribution in [3.8, 4) is 0 Å². The molecule has 1 amide bonds. The molecule has 0 unspecified atom stereocenters. The molecule has 0 aliphatic carbocycles. The number of hydrogen-bond acceptors (Lipinski definition) is 8. The lowest BCUT2D eigenvalue weighted by molar-refractivity contribution is -0.161. The Kier molecular flexibility index (Phi) is 10.5. The molecule has 1 aliphatic heterocycles. The van der Waals surface area contributed by atoms with Crippen molar-refractivity contribution in [3.63, 3.8) is 0 Å². The van der Waals surface area contributed by atoms with E-state index in [-0.39, 0.29) is 12.0 Å². The number of carbonyl (C=O) groups is 4. The molecular weight excluding hydrogens is 406 g/mol. The number of methoxy groups -OCH3 is 2. The number of nitrogens with zero attached hydrogens (tertiary/aromatic N) is 1. The summed E-state index contributed by atoms with van der Waals surface area (Å²) in [5.74, 6) is -3.19. The maximum absolute atomic E-state index is 13.1. The van der Waals surface area contributed by atoms with Crippen molar-refractivity contribution in [1.82, 2.24) is 4.90 Å². The van der Waals surface area contributed by atoms with Crippen LogP contribution in [0.1, 0.15) is 59.8 Å². The minimum absolute atomic E-state index is 0.268. The number of ether oxygens (including phenoxy) is 4. The van der Waals surface area contributed by atoms with E-state index in [4.69, 9.17) is 18.9 Å². The van der Waals surface area contributed by atoms with E-state index < -0.39 is 35.6 Å². The Bertz CT molecular complexity index is 651. The first-order valence-corrected chi connectivity index (χ1v) is 10.5. The van der Waals surface area contributed by atoms with Crippen LogP contribution in [-0.4, -0.2) is 67.4 Å². The minimum Gasteiger partial charge on any atom is -0.468 e. The predicted molar refractivity (Wildman–Crippen MR) is 112 cm³/mol. The first kappa shape index (κ1) is 26.5. The number of carbonyl (C=O) groups excluding carboxylic acids is 4. The molecule has 0 saturated heterocycles. The Balaban J connectivity index is 3.04. The summed E-state index contributed by atoms with van der Waals surface area (Å²) in [7, 11) is 2.37. The normalized spacial score (nSPS) is 18.5. The lowest BCUT2D eigenvalue weighted by Crippen LogP contribution is -2.56. The van der Waals surface area contributed by atoms with Gasteiger partial charge in [0.2, 0.25) is 0 Å². The van der Waals surface area contributed by atoms with E-state index in [9.17, 15) is 19.2 Å². The summed E-state index contributed by atoms with van der Waals surface area (Å²) in [5, 5.41) is 0. The van der Waals surface area contributed by atoms with E-state index >= 15 is 0 Å². The molecule has 0 fully saturated rings. The van der Waals surface area contributed by atoms with E-state index in [1.54, 1.807) is 26.8 Å². The molecule has 9 nitrogen and oxygen atoms in total. The van der Waals surface area contributed by atoms with Crippen LogP contribution in [0.2, 0.25) is 0 Å². The highest BCUT2D eigenvalue weighted by Crippen LogP contribution is 2.29. The molecule has 0 aromatic heterocycles. The molecular formula is C22H35NO8. The van der Waals surface area contributed by atoms with Gasteiger partial charge in [0.15, 0.2) is 5.92 Å². The Labute approximate surface area is 184 Å². The summed E-state index contributed by atoms with van der Waals surface area (Å²) in [6.07, 6.45) is 6.39. The molecule has 0 spiro atoms. The maximum Gasteiger partial charge on any atom is 0.411 e. The molecule has 0 radical (unpaired) electrons. The standard InChI is InChI=1S/C22H35NO8/c1-15(24)30-14-9-7-8-11-16-12-10-13-17(18(19(25)28-5)20(26)29-6)23(16)21(27)31-22(2,3)4/h10,13,16-18H,7-9,11-12,14H2,1-6H3/t16-,17+/m1/s1. The third-order valence-corrected chi connectivity index (χ3v) is 4.80. The van der Waals surface area contributed by atoms with Crippen LogP contribution >= 0.6 is 0 Å². The van der Waals surface area contributed by atoms with Crippen molar-refractivity contribution in [2.75, 3.05) is 20.8 Å². The quantitative estimate of drug-likeness (QED) is 0.177. The molecule has 2 atom stereocenters. The second-order valence-electron chi connectivity index (χ2n) is 8.41. The van der Waals surface area contributed by atoms with Crippen LogP contribution < -0.4 is 0 Å². The molecule has 9 heteroatoms. The molecule has 0 aromatic carbocycles. The molecule has 0 bridgehead atoms. The van der Waals surface area contributed by atoms with Crippen LogP contribution in [0.5, 0.6) is 0 Å². The Morgan fingerprint density at radius 1 is 1.03 bits per heavy atom. The summed E-state index contributed by atoms with van der Waals surface area (Å²) < 4.78 is 20.1. The SMILES string of the molecule is COC(=O)C(C(=O)OC)[C@@H]1C=CC[C@@H](CCCCCOC(C)=O)N1C(=O)OC(C)(C)C. The highest BCUT2D eigenvalue weighted by Gasteiger charge is 2.45. The summed E-state index contributed by atoms with van der Waals surface area (Å²) in [6, 6.07) is -1.15. The van der Waals surface area contributed by atoms with E-state index in [2.05, 4.69) is 0 Å². The van der Waals surface area contributed by atoms with Gasteiger partial charge in [-0.2, -0.15) is 0 Å². The predicted octanol–water partition coefficient (Wildman–Crippen LogP) is 3.01. The van der Waals surface area contributed by atoms with Crippen molar-refractivity contribution in [2.45, 2.75) is 77.5 Å². The maximum atomic E-state index is 13.1. The Hall–Kier alpha value is -2.58. The Morgan fingerprint density at radius 3 is 2.16 bits per heavy atom. The molecule has 0 saturated carbocycles. The summed E-state index contributed by atoms with van der Waals surface area (Å²) in [6.45, 7) is 6.97. The van der Waals surface area contributed by atoms with Crippen molar-refractivity contribution in [1.29, 1.82) is 0 Å². The number of amides is 1. The average molecular weight is 442 g/mol. The number of rotatable bonds is 9. The van der Waals surface area contributed by atoms with Crippen molar-refractivity contribution in [3.05, 3.63) is 12.2 Å². The fourth-order valence-electron chi connectivity index (χ4n) is 3.44. The molecule has 31 heavy (non-hydrogen) atoms. The molecule has 1 aliphatic rings. The lowest BCUT2D eigenvalue weighted by Gasteiger charge is -2.41. The van der Waals surface area contributed by atoms with Crippen LogP contribution in [0.3, 0.4) is 0 Å². The molecule has 1 heterocycles. The second-order valence-corrected chi connectivity index (χ2v) is 8.41. The van der Waals surface area contributed by atoms with Gasteiger partial charge in [0.25, 0.3) is 0 Å². The molecule has 0 aromatic rings. The summed E-state index contributed by atoms with van der Waals surface area (Å²) in [4.78, 5) is 50.1. The molecule has 176 valence electrons. The first-order valence-electron chi connectivity index (χ1n) is 10.5. The zero-order valence-electron chi connectivity index (χ0n) is 19.3. The van der Waals surface area contributed by atoms with E-state index in [1.807, 2.05) is 6.08 Å². The monoisotopic (exact) mass is 441 g/mol. The third kappa shape index (κ3) is 8.59. The number of unbranched alkanes of at least 4 members (excludes halogenated alkanes) is 2. The zero-order valence-corrected chi connectivity index (χ0v) is 19.3. The van der Waals surface area contributed by atoms with Crippen LogP contribution in [0.25, 0.3) is 0 Å². The van der Waals surface area contributed by atoms with Crippen molar-refractivity contribution < 1.29 is 38.1 Å². The fraction of sp³-hybridized carbons (Fsp3) is 0.727. The van der Waals surface area contributed by atoms with Crippen LogP contribution in [0, 0.1) is 5.92 Å². The van der Waals surface area contributed by atoms with Gasteiger partial charge < -0.3 is 18.9 Å². The van der Waals surface area contributed by atoms with Gasteiger partial charge in [-0.15, -0.1) is 0 Å². The van der Waals surface area contributed by atoms with Gasteiger partial charge in [-0.25, -0.2) is 4.79 Å². The molecule has 1 rings (SSSR count). The fourth-order valence-corrected chi connectivity index (χ4v) is 3.44. The van der Waals surface area contributed by atoms with E-state index in [0.29, 0.717) is 25.9 Å². The summed E-state index contributed by atoms with van der Waals surface area (Å²) >= 11 is 0. The highest BCUT2D eigenvalue weighted by atomic mass is 16.6. The smallest absolute Gasteiger partial charge is 0.411 e. The van der Waals surface area contributed by atoms with E-state index in [1.165, 1.54) is 26.0 Å². The first-order chi connectivity index (χ1) is 14.5. The van der Waals surface area contributed by atoms with Gasteiger partial charge in [0, 0.05) is 13.0 Å². The topological polar surface area (TPSA) is 108 Å². The second kappa shape index (κ2) is 12.3. The lowest BCUT2D eigenvalue weighted by atomic mass is 9.90. The average Bonchev–Trinajstić information content (AvgIpc) is 2.68. The van der Waals surface area contributed by atoms with Gasteiger partial charge in [0.1, 0.15) is 5.60 Å². The van der Waals surface area contributed by atoms with Gasteiger partial charge in [-0.05, 0) is 46.5 Å². The number of hydrogen-bond donors (Lipinski definition) is 0. The zero-order chi connectivity index (χ0) is 23.6. The Morgan fingerprint density at radius 2 is 1.65 bits per heavy atom. The molecule has 0 N–H and O–H groups in total. The van der Waals surface area contributed by atoms with Gasteiger partial charge >= 0.3 is 24.0 Å². The summed E-state index contributed by atoms with van der Waals surface area (Å²) in [5.41, 5.74) is -0.747. The van der Waals surface area contributed by atoms with Gasteiger partial charge in [-0.1, -0.05) is 18.6 Å². The van der Waals surface area contributed by atoms with Crippen LogP contribution in [0.4, 0.5) is 4.79 Å². The van der Waals surface area contributed by atoms with Crippen molar-refractivity contribution >= 4 is 24.0 Å². The highest BCUT2D eigenvalue weighted by molar-refractivity contribution is 5.96. The van der Waals surface area contributed by atoms with Crippen LogP contribution in [-0.2, 0) is 33.3 Å². The largest absolute Gasteiger partial charge is 0.468 e. The van der Waals surface area contributed by atoms with Crippen molar-refractivity contribution in [2.24, 2.45) is 5.92 Å². The van der Waals surface area contributed by atoms with Crippen LogP contribution in [0.15, 0.2) is 12.2 Å². The van der Waals surface area contributed by atoms with E-state index in [0.717, 1.165) is 12.8 Å². The third-order valence-electron chi connectivity index (χ3n) is 4.80. The van der Waals surface area contributed by atoms with Gasteiger partial charge in [0.05, 0.1) is 26.9 Å². The number of esters is 3. The van der Waals surface area contributed by atoms with Gasteiger partial charge in [-0.3, -0.25) is 19.3 Å².